The van der Waals surface area contributed by atoms with Crippen LogP contribution in [-0.2, 0) is 4.79 Å². The SMILES string of the molecule is Cc1ccc(OC2CN(C(=O)CN3CC[C@H](N(C)C)C3)C2)cc1. The van der Waals surface area contributed by atoms with Crippen LogP contribution in [0.15, 0.2) is 24.3 Å². The Labute approximate surface area is 138 Å². The first-order valence-electron chi connectivity index (χ1n) is 8.41. The number of nitrogens with zero attached hydrogens (tertiary/aromatic N) is 3. The van der Waals surface area contributed by atoms with Crippen molar-refractivity contribution >= 4 is 5.91 Å². The molecule has 0 bridgehead atoms. The zero-order valence-electron chi connectivity index (χ0n) is 14.4. The number of carbonyl (C=O) groups is 1. The zero-order valence-corrected chi connectivity index (χ0v) is 14.4. The number of likely N-dealkylation sites (tertiary alicyclic amines) is 2. The molecule has 1 aromatic carbocycles. The van der Waals surface area contributed by atoms with Gasteiger partial charge in [-0.05, 0) is 39.6 Å². The van der Waals surface area contributed by atoms with Crippen LogP contribution in [0.1, 0.15) is 12.0 Å². The van der Waals surface area contributed by atoms with E-state index in [2.05, 4.69) is 30.8 Å². The Hall–Kier alpha value is -1.59. The maximum absolute atomic E-state index is 12.3. The van der Waals surface area contributed by atoms with Crippen LogP contribution in [0.3, 0.4) is 0 Å². The summed E-state index contributed by atoms with van der Waals surface area (Å²) in [4.78, 5) is 18.7. The second-order valence-corrected chi connectivity index (χ2v) is 6.99. The molecule has 2 saturated heterocycles. The second-order valence-electron chi connectivity index (χ2n) is 6.99. The van der Waals surface area contributed by atoms with Crippen molar-refractivity contribution in [3.63, 3.8) is 0 Å². The average Bonchev–Trinajstić information content (AvgIpc) is 2.93. The topological polar surface area (TPSA) is 36.0 Å². The number of hydrogen-bond donors (Lipinski definition) is 0. The van der Waals surface area contributed by atoms with Gasteiger partial charge in [0.1, 0.15) is 11.9 Å². The minimum absolute atomic E-state index is 0.134. The van der Waals surface area contributed by atoms with Crippen molar-refractivity contribution in [1.29, 1.82) is 0 Å². The zero-order chi connectivity index (χ0) is 16.4. The highest BCUT2D eigenvalue weighted by Gasteiger charge is 2.34. The lowest BCUT2D eigenvalue weighted by molar-refractivity contribution is -0.141. The number of ether oxygens (including phenoxy) is 1. The number of rotatable bonds is 5. The van der Waals surface area contributed by atoms with Gasteiger partial charge in [-0.2, -0.15) is 0 Å². The predicted octanol–water partition coefficient (Wildman–Crippen LogP) is 1.22. The van der Waals surface area contributed by atoms with Gasteiger partial charge in [-0.3, -0.25) is 9.69 Å². The van der Waals surface area contributed by atoms with Crippen LogP contribution >= 0.6 is 0 Å². The standard InChI is InChI=1S/C18H27N3O2/c1-14-4-6-16(7-5-14)23-17-11-21(12-17)18(22)13-20-9-8-15(10-20)19(2)3/h4-7,15,17H,8-13H2,1-3H3/t15-/m0/s1. The first-order chi connectivity index (χ1) is 11.0. The average molecular weight is 317 g/mol. The Morgan fingerprint density at radius 3 is 2.52 bits per heavy atom. The van der Waals surface area contributed by atoms with Gasteiger partial charge >= 0.3 is 0 Å². The minimum atomic E-state index is 0.134. The molecule has 0 saturated carbocycles. The normalized spacial score (nSPS) is 22.4. The summed E-state index contributed by atoms with van der Waals surface area (Å²) in [5, 5.41) is 0. The number of benzene rings is 1. The van der Waals surface area contributed by atoms with E-state index in [1.807, 2.05) is 29.2 Å². The van der Waals surface area contributed by atoms with E-state index >= 15 is 0 Å². The summed E-state index contributed by atoms with van der Waals surface area (Å²) in [5.41, 5.74) is 1.23. The van der Waals surface area contributed by atoms with Crippen LogP contribution in [0.4, 0.5) is 0 Å². The molecular weight excluding hydrogens is 290 g/mol. The van der Waals surface area contributed by atoms with Crippen LogP contribution in [0, 0.1) is 6.92 Å². The van der Waals surface area contributed by atoms with Gasteiger partial charge in [-0.15, -0.1) is 0 Å². The molecule has 2 aliphatic heterocycles. The summed E-state index contributed by atoms with van der Waals surface area (Å²) >= 11 is 0. The van der Waals surface area contributed by atoms with E-state index in [0.717, 1.165) is 25.3 Å². The number of amides is 1. The molecule has 3 rings (SSSR count). The van der Waals surface area contributed by atoms with Crippen molar-refractivity contribution in [3.05, 3.63) is 29.8 Å². The molecule has 1 amide bonds. The summed E-state index contributed by atoms with van der Waals surface area (Å²) in [7, 11) is 4.22. The van der Waals surface area contributed by atoms with Gasteiger partial charge in [0.2, 0.25) is 5.91 Å². The molecule has 5 heteroatoms. The highest BCUT2D eigenvalue weighted by Crippen LogP contribution is 2.19. The van der Waals surface area contributed by atoms with Crippen LogP contribution in [0.25, 0.3) is 0 Å². The van der Waals surface area contributed by atoms with Gasteiger partial charge in [-0.1, -0.05) is 17.7 Å². The maximum Gasteiger partial charge on any atom is 0.237 e. The second kappa shape index (κ2) is 6.89. The largest absolute Gasteiger partial charge is 0.487 e. The quantitative estimate of drug-likeness (QED) is 0.818. The van der Waals surface area contributed by atoms with Crippen molar-refractivity contribution in [2.45, 2.75) is 25.5 Å². The Kier molecular flexibility index (Phi) is 4.87. The fourth-order valence-corrected chi connectivity index (χ4v) is 3.19. The van der Waals surface area contributed by atoms with Crippen LogP contribution in [0.5, 0.6) is 5.75 Å². The van der Waals surface area contributed by atoms with Crippen molar-refractivity contribution in [2.75, 3.05) is 46.8 Å². The van der Waals surface area contributed by atoms with E-state index in [4.69, 9.17) is 4.74 Å². The number of hydrogen-bond acceptors (Lipinski definition) is 4. The molecule has 0 spiro atoms. The summed E-state index contributed by atoms with van der Waals surface area (Å²) in [6.07, 6.45) is 1.29. The Morgan fingerprint density at radius 2 is 1.91 bits per heavy atom. The lowest BCUT2D eigenvalue weighted by Crippen LogP contribution is -2.58. The molecular formula is C18H27N3O2. The van der Waals surface area contributed by atoms with E-state index in [-0.39, 0.29) is 12.0 Å². The lowest BCUT2D eigenvalue weighted by atomic mass is 10.1. The Balaban J connectivity index is 1.39. The van der Waals surface area contributed by atoms with Gasteiger partial charge in [-0.25, -0.2) is 0 Å². The fraction of sp³-hybridized carbons (Fsp3) is 0.611. The molecule has 126 valence electrons. The van der Waals surface area contributed by atoms with E-state index in [9.17, 15) is 4.79 Å². The van der Waals surface area contributed by atoms with Gasteiger partial charge in [0.15, 0.2) is 0 Å². The molecule has 0 unspecified atom stereocenters. The smallest absolute Gasteiger partial charge is 0.237 e. The Morgan fingerprint density at radius 1 is 1.22 bits per heavy atom. The van der Waals surface area contributed by atoms with Crippen molar-refractivity contribution in [1.82, 2.24) is 14.7 Å². The molecule has 0 aromatic heterocycles. The monoisotopic (exact) mass is 317 g/mol. The van der Waals surface area contributed by atoms with Crippen LogP contribution in [0.2, 0.25) is 0 Å². The number of likely N-dealkylation sites (N-methyl/N-ethyl adjacent to an activating group) is 1. The molecule has 2 fully saturated rings. The van der Waals surface area contributed by atoms with E-state index in [0.29, 0.717) is 25.7 Å². The third-order valence-corrected chi connectivity index (χ3v) is 4.86. The molecule has 1 aromatic rings. The summed E-state index contributed by atoms with van der Waals surface area (Å²) in [6, 6.07) is 8.66. The summed E-state index contributed by atoms with van der Waals surface area (Å²) < 4.78 is 5.89. The van der Waals surface area contributed by atoms with Crippen molar-refractivity contribution < 1.29 is 9.53 Å². The highest BCUT2D eigenvalue weighted by atomic mass is 16.5. The summed E-state index contributed by atoms with van der Waals surface area (Å²) in [6.45, 7) is 6.03. The molecule has 2 heterocycles. The van der Waals surface area contributed by atoms with Gasteiger partial charge < -0.3 is 14.5 Å². The number of carbonyl (C=O) groups excluding carboxylic acids is 1. The summed E-state index contributed by atoms with van der Waals surface area (Å²) in [5.74, 6) is 1.12. The molecule has 0 radical (unpaired) electrons. The van der Waals surface area contributed by atoms with Gasteiger partial charge in [0.25, 0.3) is 0 Å². The third-order valence-electron chi connectivity index (χ3n) is 4.86. The van der Waals surface area contributed by atoms with E-state index < -0.39 is 0 Å². The van der Waals surface area contributed by atoms with Crippen LogP contribution < -0.4 is 4.74 Å². The first kappa shape index (κ1) is 16.3. The fourth-order valence-electron chi connectivity index (χ4n) is 3.19. The van der Waals surface area contributed by atoms with Crippen molar-refractivity contribution in [3.8, 4) is 5.75 Å². The number of aryl methyl sites for hydroxylation is 1. The van der Waals surface area contributed by atoms with Crippen molar-refractivity contribution in [2.24, 2.45) is 0 Å². The third kappa shape index (κ3) is 4.03. The molecule has 1 atom stereocenters. The molecule has 23 heavy (non-hydrogen) atoms. The van der Waals surface area contributed by atoms with Gasteiger partial charge in [0, 0.05) is 19.1 Å². The van der Waals surface area contributed by atoms with Gasteiger partial charge in [0.05, 0.1) is 19.6 Å². The first-order valence-corrected chi connectivity index (χ1v) is 8.41. The predicted molar refractivity (Wildman–Crippen MR) is 90.7 cm³/mol. The molecule has 5 nitrogen and oxygen atoms in total. The molecule has 0 aliphatic carbocycles. The highest BCUT2D eigenvalue weighted by molar-refractivity contribution is 5.79. The minimum Gasteiger partial charge on any atom is -0.487 e. The van der Waals surface area contributed by atoms with Crippen LogP contribution in [-0.4, -0.2) is 79.6 Å². The van der Waals surface area contributed by atoms with E-state index in [1.54, 1.807) is 0 Å². The lowest BCUT2D eigenvalue weighted by Gasteiger charge is -2.39. The Bertz CT molecular complexity index is 538. The maximum atomic E-state index is 12.3. The van der Waals surface area contributed by atoms with E-state index in [1.165, 1.54) is 5.56 Å². The molecule has 2 aliphatic rings. The molecule has 0 N–H and O–H groups in total.